The van der Waals surface area contributed by atoms with Gasteiger partial charge in [0.1, 0.15) is 5.82 Å². The molecule has 0 bridgehead atoms. The molecule has 5 heteroatoms. The number of carbonyl (C=O) groups is 1. The lowest BCUT2D eigenvalue weighted by Crippen LogP contribution is -2.49. The molecule has 0 spiro atoms. The summed E-state index contributed by atoms with van der Waals surface area (Å²) in [5.41, 5.74) is 6.02. The highest BCUT2D eigenvalue weighted by Crippen LogP contribution is 2.22. The highest BCUT2D eigenvalue weighted by molar-refractivity contribution is 5.95. The molecule has 0 saturated carbocycles. The lowest BCUT2D eigenvalue weighted by molar-refractivity contribution is 0.0603. The molecular weight excluding hydrogens is 269 g/mol. The maximum absolute atomic E-state index is 13.9. The third-order valence-corrected chi connectivity index (χ3v) is 4.56. The molecule has 21 heavy (non-hydrogen) atoms. The standard InChI is InChI=1S/C16H22FN3O/c17-15-10-12(18)5-6-14(15)16(21)20-9-3-4-13(11-20)19-7-1-2-8-19/h5-6,10,13H,1-4,7-9,11,18H2. The number of likely N-dealkylation sites (tertiary alicyclic amines) is 2. The maximum Gasteiger partial charge on any atom is 0.256 e. The first-order valence-electron chi connectivity index (χ1n) is 7.73. The number of hydrogen-bond acceptors (Lipinski definition) is 3. The van der Waals surface area contributed by atoms with E-state index in [9.17, 15) is 9.18 Å². The second-order valence-electron chi connectivity index (χ2n) is 6.03. The fourth-order valence-electron chi connectivity index (χ4n) is 3.42. The fraction of sp³-hybridized carbons (Fsp3) is 0.562. The van der Waals surface area contributed by atoms with Crippen LogP contribution in [0.4, 0.5) is 10.1 Å². The third-order valence-electron chi connectivity index (χ3n) is 4.56. The first-order valence-corrected chi connectivity index (χ1v) is 7.73. The van der Waals surface area contributed by atoms with Gasteiger partial charge in [0, 0.05) is 24.8 Å². The van der Waals surface area contributed by atoms with Gasteiger partial charge in [0.05, 0.1) is 5.56 Å². The minimum Gasteiger partial charge on any atom is -0.399 e. The quantitative estimate of drug-likeness (QED) is 0.849. The number of amides is 1. The predicted molar refractivity (Wildman–Crippen MR) is 80.5 cm³/mol. The van der Waals surface area contributed by atoms with Gasteiger partial charge in [-0.2, -0.15) is 0 Å². The molecule has 1 unspecified atom stereocenters. The minimum atomic E-state index is -0.525. The fourth-order valence-corrected chi connectivity index (χ4v) is 3.42. The largest absolute Gasteiger partial charge is 0.399 e. The molecule has 0 aliphatic carbocycles. The molecule has 2 aliphatic rings. The number of nitrogens with zero attached hydrogens (tertiary/aromatic N) is 2. The number of benzene rings is 1. The van der Waals surface area contributed by atoms with Crippen molar-refractivity contribution in [1.82, 2.24) is 9.80 Å². The van der Waals surface area contributed by atoms with Gasteiger partial charge in [-0.3, -0.25) is 9.69 Å². The van der Waals surface area contributed by atoms with Crippen molar-refractivity contribution in [2.24, 2.45) is 0 Å². The molecule has 2 heterocycles. The number of anilines is 1. The number of nitrogen functional groups attached to an aromatic ring is 1. The minimum absolute atomic E-state index is 0.131. The van der Waals surface area contributed by atoms with E-state index in [2.05, 4.69) is 4.90 Å². The molecule has 2 saturated heterocycles. The van der Waals surface area contributed by atoms with Crippen molar-refractivity contribution in [1.29, 1.82) is 0 Å². The molecular formula is C16H22FN3O. The zero-order valence-corrected chi connectivity index (χ0v) is 12.2. The van der Waals surface area contributed by atoms with Crippen LogP contribution in [0.15, 0.2) is 18.2 Å². The van der Waals surface area contributed by atoms with Crippen LogP contribution in [0.1, 0.15) is 36.0 Å². The van der Waals surface area contributed by atoms with Gasteiger partial charge in [0.15, 0.2) is 0 Å². The maximum atomic E-state index is 13.9. The van der Waals surface area contributed by atoms with Crippen molar-refractivity contribution in [3.63, 3.8) is 0 Å². The third kappa shape index (κ3) is 3.02. The molecule has 1 atom stereocenters. The van der Waals surface area contributed by atoms with Crippen LogP contribution in [-0.2, 0) is 0 Å². The van der Waals surface area contributed by atoms with E-state index in [0.717, 1.165) is 25.9 Å². The lowest BCUT2D eigenvalue weighted by atomic mass is 10.0. The average Bonchev–Trinajstić information content (AvgIpc) is 3.01. The Bertz CT molecular complexity index is 528. The molecule has 1 aromatic rings. The van der Waals surface area contributed by atoms with Gasteiger partial charge >= 0.3 is 0 Å². The number of hydrogen-bond donors (Lipinski definition) is 1. The van der Waals surface area contributed by atoms with Crippen LogP contribution in [0.25, 0.3) is 0 Å². The molecule has 2 aliphatic heterocycles. The van der Waals surface area contributed by atoms with Gasteiger partial charge in [-0.15, -0.1) is 0 Å². The number of rotatable bonds is 2. The van der Waals surface area contributed by atoms with Crippen LogP contribution in [0, 0.1) is 5.82 Å². The van der Waals surface area contributed by atoms with Crippen LogP contribution in [0.2, 0.25) is 0 Å². The first kappa shape index (κ1) is 14.3. The van der Waals surface area contributed by atoms with Crippen molar-refractivity contribution in [3.05, 3.63) is 29.6 Å². The Kier molecular flexibility index (Phi) is 4.10. The highest BCUT2D eigenvalue weighted by Gasteiger charge is 2.30. The van der Waals surface area contributed by atoms with Crippen LogP contribution in [0.5, 0.6) is 0 Å². The van der Waals surface area contributed by atoms with Crippen molar-refractivity contribution in [3.8, 4) is 0 Å². The van der Waals surface area contributed by atoms with E-state index in [-0.39, 0.29) is 11.5 Å². The molecule has 1 aromatic carbocycles. The van der Waals surface area contributed by atoms with Crippen molar-refractivity contribution >= 4 is 11.6 Å². The molecule has 2 fully saturated rings. The van der Waals surface area contributed by atoms with Gasteiger partial charge < -0.3 is 10.6 Å². The van der Waals surface area contributed by atoms with Gasteiger partial charge in [-0.25, -0.2) is 4.39 Å². The van der Waals surface area contributed by atoms with Gasteiger partial charge in [0.2, 0.25) is 0 Å². The first-order chi connectivity index (χ1) is 10.1. The summed E-state index contributed by atoms with van der Waals surface area (Å²) >= 11 is 0. The number of carbonyl (C=O) groups excluding carboxylic acids is 1. The Hall–Kier alpha value is -1.62. The van der Waals surface area contributed by atoms with Crippen LogP contribution < -0.4 is 5.73 Å². The molecule has 0 aromatic heterocycles. The smallest absolute Gasteiger partial charge is 0.256 e. The summed E-state index contributed by atoms with van der Waals surface area (Å²) in [6, 6.07) is 4.72. The topological polar surface area (TPSA) is 49.6 Å². The summed E-state index contributed by atoms with van der Waals surface area (Å²) in [7, 11) is 0. The van der Waals surface area contributed by atoms with E-state index < -0.39 is 5.82 Å². The Morgan fingerprint density at radius 3 is 2.67 bits per heavy atom. The number of nitrogens with two attached hydrogens (primary N) is 1. The van der Waals surface area contributed by atoms with Crippen molar-refractivity contribution in [2.45, 2.75) is 31.7 Å². The summed E-state index contributed by atoms with van der Waals surface area (Å²) in [6.45, 7) is 3.68. The van der Waals surface area contributed by atoms with E-state index in [1.807, 2.05) is 0 Å². The zero-order chi connectivity index (χ0) is 14.8. The Balaban J connectivity index is 1.71. The monoisotopic (exact) mass is 291 g/mol. The summed E-state index contributed by atoms with van der Waals surface area (Å²) < 4.78 is 13.9. The van der Waals surface area contributed by atoms with E-state index in [1.54, 1.807) is 11.0 Å². The van der Waals surface area contributed by atoms with E-state index in [1.165, 1.54) is 25.0 Å². The second kappa shape index (κ2) is 6.02. The van der Waals surface area contributed by atoms with Crippen molar-refractivity contribution < 1.29 is 9.18 Å². The molecule has 4 nitrogen and oxygen atoms in total. The Morgan fingerprint density at radius 2 is 1.95 bits per heavy atom. The summed E-state index contributed by atoms with van der Waals surface area (Å²) in [6.07, 6.45) is 4.62. The van der Waals surface area contributed by atoms with Crippen LogP contribution in [0.3, 0.4) is 0 Å². The number of halogens is 1. The SMILES string of the molecule is Nc1ccc(C(=O)N2CCCC(N3CCCC3)C2)c(F)c1. The zero-order valence-electron chi connectivity index (χ0n) is 12.2. The molecule has 3 rings (SSSR count). The van der Waals surface area contributed by atoms with Crippen LogP contribution >= 0.6 is 0 Å². The molecule has 114 valence electrons. The van der Waals surface area contributed by atoms with Crippen molar-refractivity contribution in [2.75, 3.05) is 31.9 Å². The molecule has 0 radical (unpaired) electrons. The average molecular weight is 291 g/mol. The Morgan fingerprint density at radius 1 is 1.19 bits per heavy atom. The van der Waals surface area contributed by atoms with Crippen LogP contribution in [-0.4, -0.2) is 47.9 Å². The molecule has 2 N–H and O–H groups in total. The summed E-state index contributed by atoms with van der Waals surface area (Å²) in [5, 5.41) is 0. The van der Waals surface area contributed by atoms with Gasteiger partial charge in [0.25, 0.3) is 5.91 Å². The second-order valence-corrected chi connectivity index (χ2v) is 6.03. The highest BCUT2D eigenvalue weighted by atomic mass is 19.1. The van der Waals surface area contributed by atoms with E-state index in [4.69, 9.17) is 5.73 Å². The predicted octanol–water partition coefficient (Wildman–Crippen LogP) is 2.11. The normalized spacial score (nSPS) is 23.5. The Labute approximate surface area is 124 Å². The molecule has 1 amide bonds. The summed E-state index contributed by atoms with van der Waals surface area (Å²) in [5.74, 6) is -0.736. The van der Waals surface area contributed by atoms with Gasteiger partial charge in [-0.1, -0.05) is 0 Å². The summed E-state index contributed by atoms with van der Waals surface area (Å²) in [4.78, 5) is 16.8. The van der Waals surface area contributed by atoms with E-state index in [0.29, 0.717) is 24.8 Å². The number of piperidine rings is 1. The lowest BCUT2D eigenvalue weighted by Gasteiger charge is -2.37. The van der Waals surface area contributed by atoms with Gasteiger partial charge in [-0.05, 0) is 57.0 Å². The van der Waals surface area contributed by atoms with E-state index >= 15 is 0 Å².